The number of carbonyl (C=O) groups excluding carboxylic acids is 1. The molecule has 0 aliphatic carbocycles. The van der Waals surface area contributed by atoms with E-state index in [1.54, 1.807) is 12.5 Å². The van der Waals surface area contributed by atoms with Crippen molar-refractivity contribution in [3.63, 3.8) is 0 Å². The molecule has 19 heavy (non-hydrogen) atoms. The third-order valence-corrected chi connectivity index (χ3v) is 3.31. The lowest BCUT2D eigenvalue weighted by atomic mass is 10.0. The molecule has 4 heteroatoms. The molecular weight excluding hydrogens is 238 g/mol. The van der Waals surface area contributed by atoms with Crippen LogP contribution in [-0.2, 0) is 7.05 Å². The van der Waals surface area contributed by atoms with Crippen LogP contribution in [0.4, 0.5) is 0 Å². The number of nitrogens with zero attached hydrogens (tertiary/aromatic N) is 3. The molecule has 3 rings (SSSR count). The first-order valence-corrected chi connectivity index (χ1v) is 6.04. The number of fused-ring (bicyclic) bond motifs is 1. The van der Waals surface area contributed by atoms with Crippen LogP contribution in [0.15, 0.2) is 42.9 Å². The van der Waals surface area contributed by atoms with E-state index < -0.39 is 0 Å². The van der Waals surface area contributed by atoms with Crippen molar-refractivity contribution in [1.82, 2.24) is 14.5 Å². The second-order valence-corrected chi connectivity index (χ2v) is 4.53. The number of hydrogen-bond acceptors (Lipinski definition) is 3. The summed E-state index contributed by atoms with van der Waals surface area (Å²) in [6, 6.07) is 9.40. The molecule has 0 saturated heterocycles. The van der Waals surface area contributed by atoms with E-state index in [4.69, 9.17) is 0 Å². The Kier molecular flexibility index (Phi) is 2.63. The maximum absolute atomic E-state index is 12.4. The van der Waals surface area contributed by atoms with E-state index in [0.717, 1.165) is 16.6 Å². The van der Waals surface area contributed by atoms with Gasteiger partial charge in [0.25, 0.3) is 0 Å². The first kappa shape index (κ1) is 11.6. The molecule has 0 N–H and O–H groups in total. The number of ketones is 1. The van der Waals surface area contributed by atoms with E-state index in [1.165, 1.54) is 0 Å². The average molecular weight is 251 g/mol. The quantitative estimate of drug-likeness (QED) is 0.657. The highest BCUT2D eigenvalue weighted by Gasteiger charge is 2.16. The molecule has 0 radical (unpaired) electrons. The van der Waals surface area contributed by atoms with Gasteiger partial charge in [-0.05, 0) is 19.1 Å². The van der Waals surface area contributed by atoms with Crippen LogP contribution in [0.2, 0.25) is 0 Å². The molecule has 1 aromatic carbocycles. The van der Waals surface area contributed by atoms with E-state index in [2.05, 4.69) is 9.97 Å². The summed E-state index contributed by atoms with van der Waals surface area (Å²) < 4.78 is 1.84. The summed E-state index contributed by atoms with van der Waals surface area (Å²) in [5.74, 6) is -0.0642. The van der Waals surface area contributed by atoms with Crippen LogP contribution in [0, 0.1) is 6.92 Å². The summed E-state index contributed by atoms with van der Waals surface area (Å²) in [5, 5.41) is 1.02. The molecular formula is C15H13N3O. The van der Waals surface area contributed by atoms with Crippen LogP contribution in [-0.4, -0.2) is 20.3 Å². The largest absolute Gasteiger partial charge is 0.337 e. The lowest BCUT2D eigenvalue weighted by molar-refractivity contribution is 0.103. The molecule has 2 aromatic heterocycles. The van der Waals surface area contributed by atoms with E-state index >= 15 is 0 Å². The molecule has 0 bridgehead atoms. The monoisotopic (exact) mass is 251 g/mol. The maximum Gasteiger partial charge on any atom is 0.213 e. The zero-order valence-electron chi connectivity index (χ0n) is 10.8. The van der Waals surface area contributed by atoms with Crippen molar-refractivity contribution in [2.75, 3.05) is 0 Å². The summed E-state index contributed by atoms with van der Waals surface area (Å²) in [7, 11) is 1.88. The minimum Gasteiger partial charge on any atom is -0.337 e. The molecule has 0 aliphatic rings. The lowest BCUT2D eigenvalue weighted by Gasteiger charge is -2.02. The Morgan fingerprint density at radius 2 is 2.05 bits per heavy atom. The van der Waals surface area contributed by atoms with Gasteiger partial charge in [0.15, 0.2) is 0 Å². The molecule has 0 spiro atoms. The molecule has 3 aromatic rings. The Hall–Kier alpha value is -2.49. The number of aryl methyl sites for hydroxylation is 1. The van der Waals surface area contributed by atoms with Crippen molar-refractivity contribution >= 4 is 16.7 Å². The summed E-state index contributed by atoms with van der Waals surface area (Å²) in [5.41, 5.74) is 2.80. The highest BCUT2D eigenvalue weighted by molar-refractivity contribution is 6.09. The van der Waals surface area contributed by atoms with Gasteiger partial charge in [0, 0.05) is 29.9 Å². The van der Waals surface area contributed by atoms with Gasteiger partial charge in [-0.1, -0.05) is 18.2 Å². The van der Waals surface area contributed by atoms with Gasteiger partial charge in [0.1, 0.15) is 5.69 Å². The third kappa shape index (κ3) is 1.91. The van der Waals surface area contributed by atoms with E-state index in [-0.39, 0.29) is 5.78 Å². The number of imidazole rings is 1. The minimum atomic E-state index is -0.0642. The highest BCUT2D eigenvalue weighted by atomic mass is 16.1. The second-order valence-electron chi connectivity index (χ2n) is 4.53. The standard InChI is InChI=1S/C15H13N3O/c1-10-14(17-9-18(10)2)15(19)12-6-5-11-4-3-7-16-13(11)8-12/h3-9H,1-2H3. The topological polar surface area (TPSA) is 47.8 Å². The molecule has 0 aliphatic heterocycles. The fraction of sp³-hybridized carbons (Fsp3) is 0.133. The Morgan fingerprint density at radius 1 is 1.21 bits per heavy atom. The number of benzene rings is 1. The average Bonchev–Trinajstić information content (AvgIpc) is 2.78. The summed E-state index contributed by atoms with van der Waals surface area (Å²) in [4.78, 5) is 20.9. The minimum absolute atomic E-state index is 0.0642. The first-order chi connectivity index (χ1) is 9.16. The summed E-state index contributed by atoms with van der Waals surface area (Å²) in [6.45, 7) is 1.89. The van der Waals surface area contributed by atoms with Crippen molar-refractivity contribution in [3.8, 4) is 0 Å². The van der Waals surface area contributed by atoms with Crippen LogP contribution in [0.25, 0.3) is 10.9 Å². The van der Waals surface area contributed by atoms with Gasteiger partial charge < -0.3 is 4.57 Å². The maximum atomic E-state index is 12.4. The predicted molar refractivity (Wildman–Crippen MR) is 73.1 cm³/mol. The highest BCUT2D eigenvalue weighted by Crippen LogP contribution is 2.17. The van der Waals surface area contributed by atoms with Gasteiger partial charge >= 0.3 is 0 Å². The van der Waals surface area contributed by atoms with Crippen LogP contribution in [0.5, 0.6) is 0 Å². The second kappa shape index (κ2) is 4.31. The van der Waals surface area contributed by atoms with Gasteiger partial charge in [-0.2, -0.15) is 0 Å². The van der Waals surface area contributed by atoms with Crippen LogP contribution < -0.4 is 0 Å². The number of aromatic nitrogens is 3. The van der Waals surface area contributed by atoms with Crippen molar-refractivity contribution < 1.29 is 4.79 Å². The molecule has 0 saturated carbocycles. The number of rotatable bonds is 2. The van der Waals surface area contributed by atoms with E-state index in [9.17, 15) is 4.79 Å². The molecule has 94 valence electrons. The molecule has 4 nitrogen and oxygen atoms in total. The molecule has 0 atom stereocenters. The Morgan fingerprint density at radius 3 is 2.79 bits per heavy atom. The van der Waals surface area contributed by atoms with E-state index in [1.807, 2.05) is 48.9 Å². The molecule has 0 unspecified atom stereocenters. The smallest absolute Gasteiger partial charge is 0.213 e. The van der Waals surface area contributed by atoms with Crippen LogP contribution in [0.1, 0.15) is 21.7 Å². The SMILES string of the molecule is Cc1c(C(=O)c2ccc3cccnc3c2)ncn1C. The van der Waals surface area contributed by atoms with Gasteiger partial charge in [-0.25, -0.2) is 4.98 Å². The summed E-state index contributed by atoms with van der Waals surface area (Å²) in [6.07, 6.45) is 3.38. The molecule has 0 fully saturated rings. The van der Waals surface area contributed by atoms with Crippen molar-refractivity contribution in [3.05, 3.63) is 59.8 Å². The zero-order chi connectivity index (χ0) is 13.4. The lowest BCUT2D eigenvalue weighted by Crippen LogP contribution is -2.05. The fourth-order valence-corrected chi connectivity index (χ4v) is 2.06. The first-order valence-electron chi connectivity index (χ1n) is 6.04. The third-order valence-electron chi connectivity index (χ3n) is 3.31. The van der Waals surface area contributed by atoms with Gasteiger partial charge in [0.05, 0.1) is 11.8 Å². The normalized spacial score (nSPS) is 10.8. The number of pyridine rings is 1. The predicted octanol–water partition coefficient (Wildman–Crippen LogP) is 2.51. The van der Waals surface area contributed by atoms with Gasteiger partial charge in [0.2, 0.25) is 5.78 Å². The summed E-state index contributed by atoms with van der Waals surface area (Å²) >= 11 is 0. The van der Waals surface area contributed by atoms with Crippen molar-refractivity contribution in [2.24, 2.45) is 7.05 Å². The Labute approximate surface area is 110 Å². The molecule has 2 heterocycles. The van der Waals surface area contributed by atoms with Crippen LogP contribution >= 0.6 is 0 Å². The number of carbonyl (C=O) groups is 1. The van der Waals surface area contributed by atoms with Gasteiger partial charge in [-0.15, -0.1) is 0 Å². The van der Waals surface area contributed by atoms with Gasteiger partial charge in [-0.3, -0.25) is 9.78 Å². The van der Waals surface area contributed by atoms with Crippen molar-refractivity contribution in [1.29, 1.82) is 0 Å². The Balaban J connectivity index is 2.09. The Bertz CT molecular complexity index is 774. The zero-order valence-corrected chi connectivity index (χ0v) is 10.8. The fourth-order valence-electron chi connectivity index (χ4n) is 2.06. The van der Waals surface area contributed by atoms with E-state index in [0.29, 0.717) is 11.3 Å². The molecule has 0 amide bonds. The van der Waals surface area contributed by atoms with Crippen molar-refractivity contribution in [2.45, 2.75) is 6.92 Å². The number of hydrogen-bond donors (Lipinski definition) is 0. The van der Waals surface area contributed by atoms with Crippen LogP contribution in [0.3, 0.4) is 0 Å².